The van der Waals surface area contributed by atoms with E-state index in [4.69, 9.17) is 9.47 Å². The Hall–Kier alpha value is -2.67. The maximum absolute atomic E-state index is 12.7. The van der Waals surface area contributed by atoms with Crippen LogP contribution in [0.1, 0.15) is 24.3 Å². The van der Waals surface area contributed by atoms with Crippen molar-refractivity contribution in [2.45, 2.75) is 18.7 Å². The van der Waals surface area contributed by atoms with E-state index in [0.717, 1.165) is 5.56 Å². The SMILES string of the molecule is CCC(=O)Nc1ccccc1[C@H]1SCC(=O)N1c1cc(OC)ccc1OC. The van der Waals surface area contributed by atoms with Crippen LogP contribution in [0.25, 0.3) is 0 Å². The number of ether oxygens (including phenoxy) is 2. The molecule has 1 fully saturated rings. The summed E-state index contributed by atoms with van der Waals surface area (Å²) in [5.41, 5.74) is 2.23. The monoisotopic (exact) mass is 386 g/mol. The minimum Gasteiger partial charge on any atom is -0.497 e. The molecule has 0 saturated carbocycles. The molecular formula is C20H22N2O4S. The van der Waals surface area contributed by atoms with Gasteiger partial charge in [-0.3, -0.25) is 14.5 Å². The number of carbonyl (C=O) groups is 2. The number of rotatable bonds is 6. The van der Waals surface area contributed by atoms with Gasteiger partial charge >= 0.3 is 0 Å². The quantitative estimate of drug-likeness (QED) is 0.817. The van der Waals surface area contributed by atoms with Crippen molar-refractivity contribution < 1.29 is 19.1 Å². The van der Waals surface area contributed by atoms with Crippen LogP contribution in [0.15, 0.2) is 42.5 Å². The zero-order chi connectivity index (χ0) is 19.4. The fourth-order valence-corrected chi connectivity index (χ4v) is 4.17. The number of para-hydroxylation sites is 1. The third-order valence-corrected chi connectivity index (χ3v) is 5.53. The first kappa shape index (κ1) is 19.1. The van der Waals surface area contributed by atoms with Crippen molar-refractivity contribution in [1.82, 2.24) is 0 Å². The van der Waals surface area contributed by atoms with Crippen molar-refractivity contribution in [3.63, 3.8) is 0 Å². The number of anilines is 2. The Labute approximate surface area is 162 Å². The minimum atomic E-state index is -0.271. The fourth-order valence-electron chi connectivity index (χ4n) is 2.96. The zero-order valence-corrected chi connectivity index (χ0v) is 16.3. The molecule has 1 saturated heterocycles. The van der Waals surface area contributed by atoms with E-state index in [9.17, 15) is 9.59 Å². The highest BCUT2D eigenvalue weighted by atomic mass is 32.2. The van der Waals surface area contributed by atoms with Crippen LogP contribution in [0, 0.1) is 0 Å². The molecule has 6 nitrogen and oxygen atoms in total. The molecule has 1 aliphatic rings. The molecule has 142 valence electrons. The average Bonchev–Trinajstić information content (AvgIpc) is 3.08. The molecule has 0 spiro atoms. The van der Waals surface area contributed by atoms with Gasteiger partial charge in [-0.05, 0) is 18.2 Å². The lowest BCUT2D eigenvalue weighted by atomic mass is 10.1. The molecule has 1 N–H and O–H groups in total. The molecule has 7 heteroatoms. The molecule has 2 aromatic carbocycles. The summed E-state index contributed by atoms with van der Waals surface area (Å²) in [5.74, 6) is 1.49. The van der Waals surface area contributed by atoms with Crippen LogP contribution in [0.5, 0.6) is 11.5 Å². The number of benzene rings is 2. The number of nitrogens with zero attached hydrogens (tertiary/aromatic N) is 1. The molecule has 0 unspecified atom stereocenters. The van der Waals surface area contributed by atoms with Crippen LogP contribution in [-0.2, 0) is 9.59 Å². The second-order valence-corrected chi connectivity index (χ2v) is 7.02. The summed E-state index contributed by atoms with van der Waals surface area (Å²) < 4.78 is 10.8. The third-order valence-electron chi connectivity index (χ3n) is 4.34. The molecular weight excluding hydrogens is 364 g/mol. The van der Waals surface area contributed by atoms with Gasteiger partial charge in [0.15, 0.2) is 0 Å². The third kappa shape index (κ3) is 3.88. The van der Waals surface area contributed by atoms with Crippen LogP contribution >= 0.6 is 11.8 Å². The van der Waals surface area contributed by atoms with E-state index in [2.05, 4.69) is 5.32 Å². The summed E-state index contributed by atoms with van der Waals surface area (Å²) in [6.07, 6.45) is 0.387. The highest BCUT2D eigenvalue weighted by molar-refractivity contribution is 8.00. The number of hydrogen-bond acceptors (Lipinski definition) is 5. The summed E-state index contributed by atoms with van der Waals surface area (Å²) >= 11 is 1.52. The second-order valence-electron chi connectivity index (χ2n) is 5.95. The molecule has 0 aliphatic carbocycles. The first-order valence-corrected chi connectivity index (χ1v) is 9.68. The van der Waals surface area contributed by atoms with Gasteiger partial charge in [-0.1, -0.05) is 25.1 Å². The largest absolute Gasteiger partial charge is 0.497 e. The molecule has 1 heterocycles. The Morgan fingerprint density at radius 2 is 2.00 bits per heavy atom. The molecule has 2 aromatic rings. The highest BCUT2D eigenvalue weighted by Gasteiger charge is 2.37. The molecule has 1 aliphatic heterocycles. The maximum Gasteiger partial charge on any atom is 0.238 e. The minimum absolute atomic E-state index is 0.0202. The summed E-state index contributed by atoms with van der Waals surface area (Å²) in [7, 11) is 3.16. The summed E-state index contributed by atoms with van der Waals surface area (Å²) in [4.78, 5) is 26.4. The summed E-state index contributed by atoms with van der Waals surface area (Å²) in [5, 5.41) is 2.66. The van der Waals surface area contributed by atoms with E-state index >= 15 is 0 Å². The Bertz CT molecular complexity index is 856. The lowest BCUT2D eigenvalue weighted by Crippen LogP contribution is -2.29. The maximum atomic E-state index is 12.7. The molecule has 0 radical (unpaired) electrons. The van der Waals surface area contributed by atoms with Gasteiger partial charge in [0.25, 0.3) is 0 Å². The molecule has 27 heavy (non-hydrogen) atoms. The van der Waals surface area contributed by atoms with E-state index in [1.807, 2.05) is 24.3 Å². The van der Waals surface area contributed by atoms with Crippen molar-refractivity contribution in [2.75, 3.05) is 30.2 Å². The number of carbonyl (C=O) groups excluding carboxylic acids is 2. The lowest BCUT2D eigenvalue weighted by Gasteiger charge is -2.27. The average molecular weight is 386 g/mol. The second kappa shape index (κ2) is 8.35. The smallest absolute Gasteiger partial charge is 0.238 e. The van der Waals surface area contributed by atoms with Gasteiger partial charge in [-0.25, -0.2) is 0 Å². The molecule has 1 atom stereocenters. The van der Waals surface area contributed by atoms with Gasteiger partial charge in [-0.2, -0.15) is 0 Å². The van der Waals surface area contributed by atoms with Crippen molar-refractivity contribution in [1.29, 1.82) is 0 Å². The van der Waals surface area contributed by atoms with E-state index in [1.165, 1.54) is 11.8 Å². The molecule has 2 amide bonds. The Morgan fingerprint density at radius 3 is 2.70 bits per heavy atom. The van der Waals surface area contributed by atoms with Crippen molar-refractivity contribution in [3.05, 3.63) is 48.0 Å². The number of nitrogens with one attached hydrogen (secondary N) is 1. The van der Waals surface area contributed by atoms with E-state index in [0.29, 0.717) is 35.0 Å². The highest BCUT2D eigenvalue weighted by Crippen LogP contribution is 2.47. The Morgan fingerprint density at radius 1 is 1.22 bits per heavy atom. The Balaban J connectivity index is 2.05. The van der Waals surface area contributed by atoms with Crippen LogP contribution in [0.2, 0.25) is 0 Å². The van der Waals surface area contributed by atoms with Crippen LogP contribution in [0.3, 0.4) is 0 Å². The van der Waals surface area contributed by atoms with Crippen LogP contribution in [0.4, 0.5) is 11.4 Å². The summed E-state index contributed by atoms with van der Waals surface area (Å²) in [6, 6.07) is 12.9. The molecule has 3 rings (SSSR count). The lowest BCUT2D eigenvalue weighted by molar-refractivity contribution is -0.116. The van der Waals surface area contributed by atoms with Gasteiger partial charge in [-0.15, -0.1) is 11.8 Å². The van der Waals surface area contributed by atoms with Gasteiger partial charge in [0, 0.05) is 23.7 Å². The van der Waals surface area contributed by atoms with Crippen LogP contribution in [-0.4, -0.2) is 31.8 Å². The first-order chi connectivity index (χ1) is 13.1. The number of hydrogen-bond donors (Lipinski definition) is 1. The topological polar surface area (TPSA) is 67.9 Å². The van der Waals surface area contributed by atoms with Gasteiger partial charge in [0.05, 0.1) is 25.7 Å². The normalized spacial score (nSPS) is 16.3. The molecule has 0 bridgehead atoms. The Kier molecular flexibility index (Phi) is 5.91. The predicted octanol–water partition coefficient (Wildman–Crippen LogP) is 3.83. The van der Waals surface area contributed by atoms with Crippen molar-refractivity contribution >= 4 is 35.0 Å². The zero-order valence-electron chi connectivity index (χ0n) is 15.5. The van der Waals surface area contributed by atoms with Gasteiger partial charge in [0.2, 0.25) is 11.8 Å². The number of methoxy groups -OCH3 is 2. The van der Waals surface area contributed by atoms with E-state index < -0.39 is 0 Å². The van der Waals surface area contributed by atoms with Crippen molar-refractivity contribution in [3.8, 4) is 11.5 Å². The van der Waals surface area contributed by atoms with E-state index in [1.54, 1.807) is 44.2 Å². The fraction of sp³-hybridized carbons (Fsp3) is 0.300. The molecule has 0 aromatic heterocycles. The predicted molar refractivity (Wildman–Crippen MR) is 108 cm³/mol. The van der Waals surface area contributed by atoms with E-state index in [-0.39, 0.29) is 17.2 Å². The summed E-state index contributed by atoms with van der Waals surface area (Å²) in [6.45, 7) is 1.80. The van der Waals surface area contributed by atoms with Gasteiger partial charge in [0.1, 0.15) is 16.9 Å². The van der Waals surface area contributed by atoms with Crippen molar-refractivity contribution in [2.24, 2.45) is 0 Å². The first-order valence-electron chi connectivity index (χ1n) is 8.63. The number of amides is 2. The number of thioether (sulfide) groups is 1. The standard InChI is InChI=1S/C20H22N2O4S/c1-4-18(23)21-15-8-6-5-7-14(15)20-22(19(24)12-27-20)16-11-13(25-2)9-10-17(16)26-3/h5-11,20H,4,12H2,1-3H3,(H,21,23)/t20-/m1/s1. The van der Waals surface area contributed by atoms with Crippen LogP contribution < -0.4 is 19.7 Å². The van der Waals surface area contributed by atoms with Gasteiger partial charge < -0.3 is 14.8 Å².